The molecule has 0 spiro atoms. The predicted octanol–water partition coefficient (Wildman–Crippen LogP) is 6.79. The van der Waals surface area contributed by atoms with Crippen molar-refractivity contribution in [3.63, 3.8) is 0 Å². The molecule has 228 valence electrons. The van der Waals surface area contributed by atoms with Gasteiger partial charge in [0.1, 0.15) is 36.6 Å². The molecule has 5 aromatic rings. The fraction of sp³-hybridized carbons (Fsp3) is 0.278. The second-order valence-corrected chi connectivity index (χ2v) is 11.2. The average Bonchev–Trinajstić information content (AvgIpc) is 3.75. The third-order valence-electron chi connectivity index (χ3n) is 8.15. The first-order valence-corrected chi connectivity index (χ1v) is 15.2. The number of amides is 1. The topological polar surface area (TPSA) is 119 Å². The first-order chi connectivity index (χ1) is 22.1. The van der Waals surface area contributed by atoms with Gasteiger partial charge in [-0.15, -0.1) is 0 Å². The fourth-order valence-electron chi connectivity index (χ4n) is 5.88. The molecule has 0 saturated heterocycles. The quantitative estimate of drug-likeness (QED) is 0.165. The van der Waals surface area contributed by atoms with Crippen molar-refractivity contribution in [1.82, 2.24) is 14.9 Å². The van der Waals surface area contributed by atoms with Crippen LogP contribution in [0.2, 0.25) is 0 Å². The number of nitrogens with zero attached hydrogens (tertiary/aromatic N) is 3. The Hall–Kier alpha value is -5.36. The molecule has 1 atom stereocenters. The molecule has 1 N–H and O–H groups in total. The van der Waals surface area contributed by atoms with E-state index < -0.39 is 17.9 Å². The molecule has 2 heterocycles. The molecule has 0 bridgehead atoms. The summed E-state index contributed by atoms with van der Waals surface area (Å²) < 4.78 is 18.6. The van der Waals surface area contributed by atoms with Gasteiger partial charge in [-0.3, -0.25) is 4.79 Å². The number of rotatable bonds is 11. The van der Waals surface area contributed by atoms with Gasteiger partial charge in [-0.05, 0) is 60.4 Å². The summed E-state index contributed by atoms with van der Waals surface area (Å²) in [6.07, 6.45) is 9.29. The number of hydrogen-bond donors (Lipinski definition) is 1. The molecule has 1 saturated carbocycles. The molecule has 3 aromatic carbocycles. The van der Waals surface area contributed by atoms with Gasteiger partial charge in [0.05, 0.1) is 22.9 Å². The largest absolute Gasteiger partial charge is 0.479 e. The van der Waals surface area contributed by atoms with Gasteiger partial charge in [-0.25, -0.2) is 9.78 Å². The van der Waals surface area contributed by atoms with Gasteiger partial charge in [0, 0.05) is 18.0 Å². The molecule has 0 unspecified atom stereocenters. The summed E-state index contributed by atoms with van der Waals surface area (Å²) in [5.41, 5.74) is 4.62. The highest BCUT2D eigenvalue weighted by molar-refractivity contribution is 5.99. The van der Waals surface area contributed by atoms with Gasteiger partial charge in [-0.1, -0.05) is 61.7 Å². The van der Waals surface area contributed by atoms with Crippen molar-refractivity contribution in [2.45, 2.75) is 57.2 Å². The molecule has 1 aliphatic rings. The zero-order valence-corrected chi connectivity index (χ0v) is 24.9. The van der Waals surface area contributed by atoms with Crippen LogP contribution in [0.3, 0.4) is 0 Å². The number of carbonyl (C=O) groups is 2. The van der Waals surface area contributed by atoms with Gasteiger partial charge in [0.2, 0.25) is 0 Å². The molecule has 1 fully saturated rings. The monoisotopic (exact) mass is 602 g/mol. The second kappa shape index (κ2) is 14.0. The first kappa shape index (κ1) is 29.7. The number of imidazole rings is 1. The Labute approximate surface area is 261 Å². The van der Waals surface area contributed by atoms with Crippen molar-refractivity contribution < 1.29 is 23.5 Å². The Bertz CT molecular complexity index is 1780. The third kappa shape index (κ3) is 7.07. The standard InChI is InChI=1S/C36H34N4O5/c37-18-20-44-30-14-11-25(12-15-30)21-32(36(42)45-23-26-7-3-1-4-8-26)39-35(41)27-13-16-33-31(22-27)38-34(28-17-19-43-24-28)40(33)29-9-5-2-6-10-29/h1,3-4,7-8,11-17,19,22,24,29,32H,2,5-6,9-10,20-21,23H2,(H,39,41)/t32-/m0/s1. The molecule has 45 heavy (non-hydrogen) atoms. The highest BCUT2D eigenvalue weighted by atomic mass is 16.5. The summed E-state index contributed by atoms with van der Waals surface area (Å²) in [4.78, 5) is 31.9. The van der Waals surface area contributed by atoms with E-state index in [9.17, 15) is 9.59 Å². The van der Waals surface area contributed by atoms with E-state index in [1.807, 2.05) is 48.5 Å². The lowest BCUT2D eigenvalue weighted by Crippen LogP contribution is -2.43. The lowest BCUT2D eigenvalue weighted by atomic mass is 9.95. The lowest BCUT2D eigenvalue weighted by molar-refractivity contribution is -0.147. The van der Waals surface area contributed by atoms with E-state index in [0.717, 1.165) is 40.9 Å². The smallest absolute Gasteiger partial charge is 0.329 e. The number of ether oxygens (including phenoxy) is 2. The zero-order chi connectivity index (χ0) is 31.0. The number of carbonyl (C=O) groups excluding carboxylic acids is 2. The highest BCUT2D eigenvalue weighted by Gasteiger charge is 2.26. The summed E-state index contributed by atoms with van der Waals surface area (Å²) in [6, 6.07) is 25.2. The van der Waals surface area contributed by atoms with Crippen LogP contribution in [-0.2, 0) is 22.6 Å². The summed E-state index contributed by atoms with van der Waals surface area (Å²) in [5.74, 6) is 0.433. The maximum atomic E-state index is 13.6. The Morgan fingerprint density at radius 3 is 2.53 bits per heavy atom. The molecular formula is C36H34N4O5. The summed E-state index contributed by atoms with van der Waals surface area (Å²) in [7, 11) is 0. The Kier molecular flexibility index (Phi) is 9.21. The number of hydrogen-bond acceptors (Lipinski definition) is 7. The minimum atomic E-state index is -0.941. The van der Waals surface area contributed by atoms with E-state index in [2.05, 4.69) is 9.88 Å². The Balaban J connectivity index is 1.25. The van der Waals surface area contributed by atoms with Crippen LogP contribution in [0, 0.1) is 11.3 Å². The van der Waals surface area contributed by atoms with Crippen LogP contribution in [0.5, 0.6) is 5.75 Å². The van der Waals surface area contributed by atoms with E-state index in [1.165, 1.54) is 19.3 Å². The van der Waals surface area contributed by atoms with Crippen molar-refractivity contribution in [2.75, 3.05) is 6.61 Å². The van der Waals surface area contributed by atoms with Gasteiger partial charge >= 0.3 is 5.97 Å². The van der Waals surface area contributed by atoms with Gasteiger partial charge in [0.25, 0.3) is 5.91 Å². The number of benzene rings is 3. The minimum absolute atomic E-state index is 0.0589. The molecule has 2 aromatic heterocycles. The van der Waals surface area contributed by atoms with Crippen molar-refractivity contribution >= 4 is 22.9 Å². The van der Waals surface area contributed by atoms with E-state index in [0.29, 0.717) is 22.9 Å². The van der Waals surface area contributed by atoms with Crippen LogP contribution in [-0.4, -0.2) is 34.1 Å². The van der Waals surface area contributed by atoms with E-state index >= 15 is 0 Å². The van der Waals surface area contributed by atoms with Crippen molar-refractivity contribution in [3.05, 3.63) is 108 Å². The maximum Gasteiger partial charge on any atom is 0.329 e. The molecule has 1 amide bonds. The fourth-order valence-corrected chi connectivity index (χ4v) is 5.88. The minimum Gasteiger partial charge on any atom is -0.479 e. The number of nitriles is 1. The lowest BCUT2D eigenvalue weighted by Gasteiger charge is -2.25. The number of nitrogens with one attached hydrogen (secondary N) is 1. The van der Waals surface area contributed by atoms with Crippen molar-refractivity contribution in [3.8, 4) is 23.2 Å². The van der Waals surface area contributed by atoms with Gasteiger partial charge in [0.15, 0.2) is 6.61 Å². The van der Waals surface area contributed by atoms with Crippen molar-refractivity contribution in [2.24, 2.45) is 0 Å². The Morgan fingerprint density at radius 1 is 1.00 bits per heavy atom. The van der Waals surface area contributed by atoms with Crippen LogP contribution in [0.25, 0.3) is 22.4 Å². The zero-order valence-electron chi connectivity index (χ0n) is 24.9. The molecule has 0 aliphatic heterocycles. The number of esters is 1. The first-order valence-electron chi connectivity index (χ1n) is 15.2. The number of furan rings is 1. The molecule has 6 rings (SSSR count). The molecule has 9 heteroatoms. The van der Waals surface area contributed by atoms with Gasteiger partial charge in [-0.2, -0.15) is 5.26 Å². The van der Waals surface area contributed by atoms with E-state index in [1.54, 1.807) is 48.9 Å². The van der Waals surface area contributed by atoms with Crippen LogP contribution in [0.4, 0.5) is 0 Å². The molecule has 1 aliphatic carbocycles. The van der Waals surface area contributed by atoms with E-state index in [-0.39, 0.29) is 19.6 Å². The number of fused-ring (bicyclic) bond motifs is 1. The summed E-state index contributed by atoms with van der Waals surface area (Å²) >= 11 is 0. The van der Waals surface area contributed by atoms with E-state index in [4.69, 9.17) is 24.1 Å². The summed E-state index contributed by atoms with van der Waals surface area (Å²) in [5, 5.41) is 11.7. The van der Waals surface area contributed by atoms with Crippen LogP contribution < -0.4 is 10.1 Å². The van der Waals surface area contributed by atoms with Crippen LogP contribution in [0.1, 0.15) is 59.6 Å². The highest BCUT2D eigenvalue weighted by Crippen LogP contribution is 2.36. The maximum absolute atomic E-state index is 13.6. The van der Waals surface area contributed by atoms with Crippen LogP contribution >= 0.6 is 0 Å². The third-order valence-corrected chi connectivity index (χ3v) is 8.15. The second-order valence-electron chi connectivity index (χ2n) is 11.2. The van der Waals surface area contributed by atoms with Gasteiger partial charge < -0.3 is 23.8 Å². The average molecular weight is 603 g/mol. The Morgan fingerprint density at radius 2 is 1.80 bits per heavy atom. The van der Waals surface area contributed by atoms with Crippen molar-refractivity contribution in [1.29, 1.82) is 5.26 Å². The van der Waals surface area contributed by atoms with Crippen LogP contribution in [0.15, 0.2) is 95.8 Å². The normalized spacial score (nSPS) is 14.0. The molecular weight excluding hydrogens is 568 g/mol. The SMILES string of the molecule is N#CCOc1ccc(C[C@H](NC(=O)c2ccc3c(c2)nc(-c2ccoc2)n3C2CCCCC2)C(=O)OCc2ccccc2)cc1. The number of aromatic nitrogens is 2. The molecule has 9 nitrogen and oxygen atoms in total. The summed E-state index contributed by atoms with van der Waals surface area (Å²) in [6.45, 7) is 0.0327. The molecule has 0 radical (unpaired) electrons. The predicted molar refractivity (Wildman–Crippen MR) is 168 cm³/mol.